The Labute approximate surface area is 105 Å². The highest BCUT2D eigenvalue weighted by Gasteiger charge is 2.12. The Morgan fingerprint density at radius 1 is 0.824 bits per heavy atom. The molecule has 0 bridgehead atoms. The third-order valence-corrected chi connectivity index (χ3v) is 3.10. The van der Waals surface area contributed by atoms with Gasteiger partial charge in [-0.05, 0) is 22.1 Å². The van der Waals surface area contributed by atoms with Crippen molar-refractivity contribution in [2.45, 2.75) is 26.2 Å². The molecule has 0 heterocycles. The lowest BCUT2D eigenvalue weighted by atomic mass is 9.86. The van der Waals surface area contributed by atoms with Crippen LogP contribution in [0.3, 0.4) is 0 Å². The first-order chi connectivity index (χ1) is 7.97. The van der Waals surface area contributed by atoms with Crippen LogP contribution >= 0.6 is 0 Å². The normalized spacial score (nSPS) is 11.5. The zero-order chi connectivity index (χ0) is 12.5. The van der Waals surface area contributed by atoms with Gasteiger partial charge in [-0.25, -0.2) is 0 Å². The van der Waals surface area contributed by atoms with Crippen molar-refractivity contribution in [1.29, 1.82) is 0 Å². The average Bonchev–Trinajstić information content (AvgIpc) is 2.28. The van der Waals surface area contributed by atoms with Crippen molar-refractivity contribution in [3.05, 3.63) is 54.1 Å². The summed E-state index contributed by atoms with van der Waals surface area (Å²) in [6.45, 7) is 6.73. The van der Waals surface area contributed by atoms with Gasteiger partial charge in [0.05, 0.1) is 0 Å². The van der Waals surface area contributed by atoms with Crippen LogP contribution in [-0.4, -0.2) is 7.85 Å². The second kappa shape index (κ2) is 4.41. The summed E-state index contributed by atoms with van der Waals surface area (Å²) in [6, 6.07) is 17.5. The summed E-state index contributed by atoms with van der Waals surface area (Å²) >= 11 is 0. The lowest BCUT2D eigenvalue weighted by Crippen LogP contribution is -2.10. The SMILES string of the molecule is Bc1cccc(-c2ccc(C(C)(C)C)cc2)c1. The van der Waals surface area contributed by atoms with Crippen LogP contribution in [-0.2, 0) is 5.41 Å². The third-order valence-electron chi connectivity index (χ3n) is 3.10. The van der Waals surface area contributed by atoms with Gasteiger partial charge < -0.3 is 0 Å². The Balaban J connectivity index is 2.36. The first kappa shape index (κ1) is 12.0. The maximum Gasteiger partial charge on any atom is 0.139 e. The molecule has 0 aliphatic heterocycles. The molecule has 2 aromatic rings. The van der Waals surface area contributed by atoms with Gasteiger partial charge in [-0.1, -0.05) is 74.8 Å². The summed E-state index contributed by atoms with van der Waals surface area (Å²) in [5.74, 6) is 0. The Bertz CT molecular complexity index is 504. The first-order valence-corrected chi connectivity index (χ1v) is 6.14. The Hall–Kier alpha value is -1.50. The van der Waals surface area contributed by atoms with Crippen molar-refractivity contribution in [3.63, 3.8) is 0 Å². The summed E-state index contributed by atoms with van der Waals surface area (Å²) in [6.07, 6.45) is 0. The minimum Gasteiger partial charge on any atom is -0.0884 e. The van der Waals surface area contributed by atoms with E-state index in [1.807, 2.05) is 0 Å². The predicted octanol–water partition coefficient (Wildman–Crippen LogP) is 2.91. The molecular weight excluding hydrogens is 203 g/mol. The van der Waals surface area contributed by atoms with E-state index < -0.39 is 0 Å². The monoisotopic (exact) mass is 222 g/mol. The molecule has 0 aliphatic rings. The second-order valence-electron chi connectivity index (χ2n) is 5.70. The second-order valence-corrected chi connectivity index (χ2v) is 5.70. The topological polar surface area (TPSA) is 0 Å². The summed E-state index contributed by atoms with van der Waals surface area (Å²) in [4.78, 5) is 0. The molecule has 0 aromatic heterocycles. The predicted molar refractivity (Wildman–Crippen MR) is 78.8 cm³/mol. The van der Waals surface area contributed by atoms with E-state index in [1.165, 1.54) is 22.2 Å². The van der Waals surface area contributed by atoms with Crippen molar-refractivity contribution in [2.75, 3.05) is 0 Å². The summed E-state index contributed by atoms with van der Waals surface area (Å²) in [5.41, 5.74) is 5.51. The molecule has 17 heavy (non-hydrogen) atoms. The van der Waals surface area contributed by atoms with E-state index in [-0.39, 0.29) is 5.41 Å². The van der Waals surface area contributed by atoms with E-state index >= 15 is 0 Å². The number of rotatable bonds is 1. The van der Waals surface area contributed by atoms with Crippen LogP contribution in [0.4, 0.5) is 0 Å². The van der Waals surface area contributed by atoms with E-state index in [0.717, 1.165) is 0 Å². The fraction of sp³-hybridized carbons (Fsp3) is 0.250. The Morgan fingerprint density at radius 2 is 1.47 bits per heavy atom. The Kier molecular flexibility index (Phi) is 3.10. The molecule has 86 valence electrons. The molecule has 0 aliphatic carbocycles. The van der Waals surface area contributed by atoms with Gasteiger partial charge in [-0.2, -0.15) is 0 Å². The lowest BCUT2D eigenvalue weighted by molar-refractivity contribution is 0.590. The van der Waals surface area contributed by atoms with E-state index in [1.54, 1.807) is 0 Å². The van der Waals surface area contributed by atoms with Crippen molar-refractivity contribution < 1.29 is 0 Å². The minimum absolute atomic E-state index is 0.227. The van der Waals surface area contributed by atoms with Crippen LogP contribution in [0.2, 0.25) is 0 Å². The summed E-state index contributed by atoms with van der Waals surface area (Å²) < 4.78 is 0. The van der Waals surface area contributed by atoms with Crippen LogP contribution < -0.4 is 5.46 Å². The van der Waals surface area contributed by atoms with E-state index in [9.17, 15) is 0 Å². The molecule has 0 spiro atoms. The van der Waals surface area contributed by atoms with Crippen molar-refractivity contribution in [1.82, 2.24) is 0 Å². The molecule has 1 heteroatoms. The minimum atomic E-state index is 0.227. The van der Waals surface area contributed by atoms with Gasteiger partial charge in [0.2, 0.25) is 0 Å². The van der Waals surface area contributed by atoms with Crippen molar-refractivity contribution >= 4 is 13.3 Å². The average molecular weight is 222 g/mol. The summed E-state index contributed by atoms with van der Waals surface area (Å²) in [7, 11) is 2.13. The molecule has 0 radical (unpaired) electrons. The van der Waals surface area contributed by atoms with Crippen LogP contribution in [0.25, 0.3) is 11.1 Å². The molecule has 2 aromatic carbocycles. The maximum atomic E-state index is 2.24. The van der Waals surface area contributed by atoms with Gasteiger partial charge >= 0.3 is 0 Å². The standard InChI is InChI=1S/C16H19B/c1-16(2,3)14-9-7-12(8-10-14)13-5-4-6-15(17)11-13/h4-11H,17H2,1-3H3. The molecule has 0 N–H and O–H groups in total. The Morgan fingerprint density at radius 3 is 2.00 bits per heavy atom. The van der Waals surface area contributed by atoms with Gasteiger partial charge in [-0.15, -0.1) is 0 Å². The van der Waals surface area contributed by atoms with Gasteiger partial charge in [0, 0.05) is 0 Å². The maximum absolute atomic E-state index is 2.24. The fourth-order valence-electron chi connectivity index (χ4n) is 1.99. The van der Waals surface area contributed by atoms with Gasteiger partial charge in [0.25, 0.3) is 0 Å². The van der Waals surface area contributed by atoms with Crippen molar-refractivity contribution in [2.24, 2.45) is 0 Å². The molecule has 0 saturated carbocycles. The quantitative estimate of drug-likeness (QED) is 0.651. The molecule has 0 unspecified atom stereocenters. The molecule has 0 saturated heterocycles. The highest BCUT2D eigenvalue weighted by atomic mass is 14.2. The largest absolute Gasteiger partial charge is 0.139 e. The summed E-state index contributed by atoms with van der Waals surface area (Å²) in [5, 5.41) is 0. The molecule has 0 amide bonds. The van der Waals surface area contributed by atoms with E-state index in [4.69, 9.17) is 0 Å². The van der Waals surface area contributed by atoms with Gasteiger partial charge in [0.1, 0.15) is 7.85 Å². The zero-order valence-corrected chi connectivity index (χ0v) is 11.1. The fourth-order valence-corrected chi connectivity index (χ4v) is 1.99. The number of hydrogen-bond acceptors (Lipinski definition) is 0. The van der Waals surface area contributed by atoms with Crippen LogP contribution in [0.1, 0.15) is 26.3 Å². The molecule has 0 fully saturated rings. The van der Waals surface area contributed by atoms with Crippen LogP contribution in [0, 0.1) is 0 Å². The van der Waals surface area contributed by atoms with Gasteiger partial charge in [0.15, 0.2) is 0 Å². The number of benzene rings is 2. The molecule has 2 rings (SSSR count). The third kappa shape index (κ3) is 2.79. The zero-order valence-electron chi connectivity index (χ0n) is 11.1. The van der Waals surface area contributed by atoms with E-state index in [0.29, 0.717) is 0 Å². The lowest BCUT2D eigenvalue weighted by Gasteiger charge is -2.19. The molecular formula is C16H19B. The smallest absolute Gasteiger partial charge is 0.0884 e. The first-order valence-electron chi connectivity index (χ1n) is 6.14. The highest BCUT2D eigenvalue weighted by Crippen LogP contribution is 2.25. The highest BCUT2D eigenvalue weighted by molar-refractivity contribution is 6.32. The van der Waals surface area contributed by atoms with Crippen LogP contribution in [0.5, 0.6) is 0 Å². The molecule has 0 nitrogen and oxygen atoms in total. The van der Waals surface area contributed by atoms with Crippen LogP contribution in [0.15, 0.2) is 48.5 Å². The van der Waals surface area contributed by atoms with Gasteiger partial charge in [-0.3, -0.25) is 0 Å². The number of hydrogen-bond donors (Lipinski definition) is 0. The molecule has 0 atom stereocenters. The van der Waals surface area contributed by atoms with E-state index in [2.05, 4.69) is 77.1 Å². The van der Waals surface area contributed by atoms with Crippen molar-refractivity contribution in [3.8, 4) is 11.1 Å².